The lowest BCUT2D eigenvalue weighted by molar-refractivity contribution is -0.147. The first-order valence-corrected chi connectivity index (χ1v) is 18.1. The molecule has 3 amide bonds. The van der Waals surface area contributed by atoms with Crippen LogP contribution in [0, 0.1) is 36.5 Å². The second-order valence-electron chi connectivity index (χ2n) is 13.5. The summed E-state index contributed by atoms with van der Waals surface area (Å²) in [6.45, 7) is 10.2. The van der Waals surface area contributed by atoms with Crippen LogP contribution in [0.2, 0.25) is 0 Å². The van der Waals surface area contributed by atoms with Crippen LogP contribution in [0.15, 0.2) is 53.7 Å². The van der Waals surface area contributed by atoms with Crippen molar-refractivity contribution in [3.63, 3.8) is 0 Å². The minimum atomic E-state index is -4.02. The first-order valence-electron chi connectivity index (χ1n) is 16.7. The van der Waals surface area contributed by atoms with Crippen molar-refractivity contribution in [1.29, 1.82) is 0 Å². The largest absolute Gasteiger partial charge is 0.294 e. The SMILES string of the molecule is CC(C)C[C@@H](C(=O)NN(CC(C)C)C(=O)Cc1cccnc1)[C@H](CCCC1CCCCC1)C(=O)NO.Cc1ccc(S(=O)(=O)O)cc1. The summed E-state index contributed by atoms with van der Waals surface area (Å²) in [5.74, 6) is -1.43. The number of hydroxylamine groups is 1. The summed E-state index contributed by atoms with van der Waals surface area (Å²) in [6, 6.07) is 9.59. The Morgan fingerprint density at radius 1 is 0.957 bits per heavy atom. The molecule has 0 saturated heterocycles. The molecule has 0 spiro atoms. The number of aryl methyl sites for hydroxylation is 1. The van der Waals surface area contributed by atoms with Gasteiger partial charge in [-0.3, -0.25) is 39.6 Å². The Hall–Kier alpha value is -3.35. The van der Waals surface area contributed by atoms with Crippen molar-refractivity contribution in [2.24, 2.45) is 29.6 Å². The third-order valence-electron chi connectivity index (χ3n) is 8.34. The number of nitrogens with zero attached hydrogens (tertiary/aromatic N) is 2. The number of carbonyl (C=O) groups is 3. The van der Waals surface area contributed by atoms with Crippen molar-refractivity contribution in [2.45, 2.75) is 104 Å². The van der Waals surface area contributed by atoms with Crippen molar-refractivity contribution in [3.8, 4) is 0 Å². The topological polar surface area (TPSA) is 166 Å². The molecule has 47 heavy (non-hydrogen) atoms. The molecule has 1 fully saturated rings. The summed E-state index contributed by atoms with van der Waals surface area (Å²) < 4.78 is 29.6. The molecule has 2 aromatic rings. The van der Waals surface area contributed by atoms with Crippen LogP contribution in [0.5, 0.6) is 0 Å². The van der Waals surface area contributed by atoms with Crippen LogP contribution in [-0.2, 0) is 30.9 Å². The highest BCUT2D eigenvalue weighted by atomic mass is 32.2. The normalized spacial score (nSPS) is 14.9. The van der Waals surface area contributed by atoms with E-state index in [0.717, 1.165) is 24.0 Å². The second-order valence-corrected chi connectivity index (χ2v) is 14.9. The fourth-order valence-electron chi connectivity index (χ4n) is 5.94. The van der Waals surface area contributed by atoms with Gasteiger partial charge in [0.1, 0.15) is 0 Å². The quantitative estimate of drug-likeness (QED) is 0.109. The van der Waals surface area contributed by atoms with Gasteiger partial charge in [-0.1, -0.05) is 96.4 Å². The zero-order chi connectivity index (χ0) is 35.0. The standard InChI is InChI=1S/C28H46N4O4.C7H8O3S/c1-20(2)16-25(24(28(35)31-36)14-8-12-22-10-6-5-7-11-22)27(34)30-32(19-21(3)4)26(33)17-23-13-9-15-29-18-23;1-6-2-4-7(5-3-6)11(8,9)10/h9,13,15,18,20-22,24-25,36H,5-8,10-12,14,16-17,19H2,1-4H3,(H,30,34)(H,31,35);2-5H,1H3,(H,8,9,10)/t24-,25+;/m0./s1. The number of hydrogen-bond donors (Lipinski definition) is 4. The molecule has 1 aliphatic rings. The maximum atomic E-state index is 13.6. The van der Waals surface area contributed by atoms with E-state index in [1.54, 1.807) is 36.1 Å². The van der Waals surface area contributed by atoms with Crippen LogP contribution in [0.4, 0.5) is 0 Å². The Labute approximate surface area is 280 Å². The lowest BCUT2D eigenvalue weighted by atomic mass is 9.79. The predicted octanol–water partition coefficient (Wildman–Crippen LogP) is 5.92. The average Bonchev–Trinajstić information content (AvgIpc) is 3.02. The number of benzene rings is 1. The maximum absolute atomic E-state index is 13.6. The molecule has 4 N–H and O–H groups in total. The number of hydrogen-bond acceptors (Lipinski definition) is 7. The van der Waals surface area contributed by atoms with Gasteiger partial charge in [0.25, 0.3) is 10.1 Å². The van der Waals surface area contributed by atoms with Crippen LogP contribution in [0.1, 0.15) is 96.6 Å². The minimum Gasteiger partial charge on any atom is -0.289 e. The summed E-state index contributed by atoms with van der Waals surface area (Å²) in [5.41, 5.74) is 6.36. The molecule has 3 rings (SSSR count). The molecule has 1 aliphatic carbocycles. The van der Waals surface area contributed by atoms with Crippen LogP contribution >= 0.6 is 0 Å². The highest BCUT2D eigenvalue weighted by molar-refractivity contribution is 7.85. The summed E-state index contributed by atoms with van der Waals surface area (Å²) in [5, 5.41) is 10.8. The Bertz CT molecular complexity index is 1350. The average molecular weight is 675 g/mol. The summed E-state index contributed by atoms with van der Waals surface area (Å²) in [6.07, 6.45) is 12.6. The molecule has 1 aromatic heterocycles. The molecular weight excluding hydrogens is 620 g/mol. The van der Waals surface area contributed by atoms with Gasteiger partial charge in [-0.2, -0.15) is 8.42 Å². The second kappa shape index (κ2) is 20.1. The van der Waals surface area contributed by atoms with Gasteiger partial charge in [-0.15, -0.1) is 0 Å². The van der Waals surface area contributed by atoms with Crippen molar-refractivity contribution in [2.75, 3.05) is 6.54 Å². The van der Waals surface area contributed by atoms with Crippen LogP contribution in [0.3, 0.4) is 0 Å². The lowest BCUT2D eigenvalue weighted by Gasteiger charge is -2.31. The van der Waals surface area contributed by atoms with E-state index < -0.39 is 27.9 Å². The van der Waals surface area contributed by atoms with Gasteiger partial charge < -0.3 is 0 Å². The Morgan fingerprint density at radius 3 is 2.15 bits per heavy atom. The smallest absolute Gasteiger partial charge is 0.289 e. The number of amides is 3. The van der Waals surface area contributed by atoms with E-state index in [9.17, 15) is 28.0 Å². The minimum absolute atomic E-state index is 0.0666. The van der Waals surface area contributed by atoms with Gasteiger partial charge in [-0.05, 0) is 61.3 Å². The van der Waals surface area contributed by atoms with Gasteiger partial charge in [0, 0.05) is 18.9 Å². The van der Waals surface area contributed by atoms with Gasteiger partial charge in [0.2, 0.25) is 17.7 Å². The first-order chi connectivity index (χ1) is 22.2. The summed E-state index contributed by atoms with van der Waals surface area (Å²) in [7, 11) is -4.02. The molecule has 1 aromatic carbocycles. The highest BCUT2D eigenvalue weighted by Crippen LogP contribution is 2.31. The third kappa shape index (κ3) is 15.0. The lowest BCUT2D eigenvalue weighted by Crippen LogP contribution is -2.52. The van der Waals surface area contributed by atoms with Crippen LogP contribution in [-0.4, -0.2) is 52.4 Å². The molecule has 262 valence electrons. The third-order valence-corrected chi connectivity index (χ3v) is 9.21. The first kappa shape index (κ1) is 39.8. The van der Waals surface area contributed by atoms with Crippen molar-refractivity contribution < 1.29 is 32.6 Å². The van der Waals surface area contributed by atoms with Crippen molar-refractivity contribution >= 4 is 27.8 Å². The number of pyridine rings is 1. The van der Waals surface area contributed by atoms with Gasteiger partial charge in [-0.25, -0.2) is 5.48 Å². The fraction of sp³-hybridized carbons (Fsp3) is 0.600. The number of rotatable bonds is 14. The molecule has 11 nitrogen and oxygen atoms in total. The molecule has 1 saturated carbocycles. The molecule has 0 unspecified atom stereocenters. The van der Waals surface area contributed by atoms with Crippen LogP contribution < -0.4 is 10.9 Å². The van der Waals surface area contributed by atoms with E-state index in [0.29, 0.717) is 25.3 Å². The number of aromatic nitrogens is 1. The molecule has 2 atom stereocenters. The van der Waals surface area contributed by atoms with E-state index in [4.69, 9.17) is 4.55 Å². The van der Waals surface area contributed by atoms with E-state index in [2.05, 4.69) is 10.4 Å². The predicted molar refractivity (Wildman–Crippen MR) is 180 cm³/mol. The molecule has 12 heteroatoms. The van der Waals surface area contributed by atoms with Crippen molar-refractivity contribution in [1.82, 2.24) is 20.9 Å². The van der Waals surface area contributed by atoms with E-state index in [1.807, 2.05) is 40.7 Å². The zero-order valence-corrected chi connectivity index (χ0v) is 29.3. The van der Waals surface area contributed by atoms with Crippen LogP contribution in [0.25, 0.3) is 0 Å². The summed E-state index contributed by atoms with van der Waals surface area (Å²) >= 11 is 0. The van der Waals surface area contributed by atoms with Crippen molar-refractivity contribution in [3.05, 3.63) is 59.9 Å². The fourth-order valence-corrected chi connectivity index (χ4v) is 6.42. The molecule has 0 radical (unpaired) electrons. The number of carbonyl (C=O) groups excluding carboxylic acids is 3. The Balaban J connectivity index is 0.000000587. The van der Waals surface area contributed by atoms with E-state index >= 15 is 0 Å². The monoisotopic (exact) mass is 674 g/mol. The van der Waals surface area contributed by atoms with Gasteiger partial charge in [0.05, 0.1) is 23.2 Å². The Kier molecular flexibility index (Phi) is 17.0. The zero-order valence-electron chi connectivity index (χ0n) is 28.5. The molecule has 1 heterocycles. The van der Waals surface area contributed by atoms with E-state index in [1.165, 1.54) is 49.2 Å². The van der Waals surface area contributed by atoms with Gasteiger partial charge >= 0.3 is 0 Å². The highest BCUT2D eigenvalue weighted by Gasteiger charge is 2.35. The maximum Gasteiger partial charge on any atom is 0.294 e. The number of hydrazine groups is 1. The Morgan fingerprint density at radius 2 is 1.62 bits per heavy atom. The molecular formula is C35H54N4O7S. The molecule has 0 bridgehead atoms. The molecule has 0 aliphatic heterocycles. The van der Waals surface area contributed by atoms with E-state index in [-0.39, 0.29) is 35.0 Å². The summed E-state index contributed by atoms with van der Waals surface area (Å²) in [4.78, 5) is 43.4. The number of nitrogens with one attached hydrogen (secondary N) is 2. The van der Waals surface area contributed by atoms with Gasteiger partial charge in [0.15, 0.2) is 0 Å².